The fourth-order valence-corrected chi connectivity index (χ4v) is 2.45. The zero-order valence-electron chi connectivity index (χ0n) is 12.0. The first kappa shape index (κ1) is 15.0. The van der Waals surface area contributed by atoms with Gasteiger partial charge in [0.25, 0.3) is 0 Å². The van der Waals surface area contributed by atoms with Crippen LogP contribution in [0.15, 0.2) is 36.9 Å². The van der Waals surface area contributed by atoms with Gasteiger partial charge in [-0.1, -0.05) is 18.2 Å². The Kier molecular flexibility index (Phi) is 5.17. The van der Waals surface area contributed by atoms with Crippen LogP contribution in [0.3, 0.4) is 0 Å². The highest BCUT2D eigenvalue weighted by Crippen LogP contribution is 2.28. The number of hydrogen-bond donors (Lipinski definition) is 1. The van der Waals surface area contributed by atoms with Gasteiger partial charge in [-0.25, -0.2) is 0 Å². The van der Waals surface area contributed by atoms with Crippen molar-refractivity contribution in [1.82, 2.24) is 4.90 Å². The molecule has 1 N–H and O–H groups in total. The van der Waals surface area contributed by atoms with E-state index in [1.54, 1.807) is 7.11 Å². The SMILES string of the molecule is C=CCN(Cc1ccc(OC)cc1)CC1(CO)COC1. The van der Waals surface area contributed by atoms with Gasteiger partial charge in [0, 0.05) is 19.6 Å². The van der Waals surface area contributed by atoms with Crippen molar-refractivity contribution in [3.63, 3.8) is 0 Å². The van der Waals surface area contributed by atoms with E-state index < -0.39 is 0 Å². The molecule has 0 radical (unpaired) electrons. The van der Waals surface area contributed by atoms with Gasteiger partial charge in [-0.3, -0.25) is 4.90 Å². The van der Waals surface area contributed by atoms with Gasteiger partial charge in [-0.05, 0) is 17.7 Å². The molecule has 0 aromatic heterocycles. The fourth-order valence-electron chi connectivity index (χ4n) is 2.45. The van der Waals surface area contributed by atoms with E-state index in [-0.39, 0.29) is 12.0 Å². The molecule has 1 aliphatic rings. The zero-order valence-corrected chi connectivity index (χ0v) is 12.0. The standard InChI is InChI=1S/C16H23NO3/c1-3-8-17(10-16(11-18)12-20-13-16)9-14-4-6-15(19-2)7-5-14/h3-7,18H,1,8-13H2,2H3. The van der Waals surface area contributed by atoms with Crippen LogP contribution in [0.5, 0.6) is 5.75 Å². The number of nitrogens with zero attached hydrogens (tertiary/aromatic N) is 1. The molecule has 2 rings (SSSR count). The summed E-state index contributed by atoms with van der Waals surface area (Å²) in [7, 11) is 1.67. The molecular formula is C16H23NO3. The first-order chi connectivity index (χ1) is 9.71. The predicted octanol–water partition coefficient (Wildman–Crippen LogP) is 1.69. The van der Waals surface area contributed by atoms with Gasteiger partial charge in [0.1, 0.15) is 5.75 Å². The number of methoxy groups -OCH3 is 1. The normalized spacial score (nSPS) is 16.8. The molecule has 110 valence electrons. The maximum atomic E-state index is 9.54. The predicted molar refractivity (Wildman–Crippen MR) is 78.8 cm³/mol. The molecule has 0 aliphatic carbocycles. The highest BCUT2D eigenvalue weighted by atomic mass is 16.5. The zero-order chi connectivity index (χ0) is 14.4. The monoisotopic (exact) mass is 277 g/mol. The number of benzene rings is 1. The van der Waals surface area contributed by atoms with Crippen LogP contribution in [0.25, 0.3) is 0 Å². The molecule has 20 heavy (non-hydrogen) atoms. The van der Waals surface area contributed by atoms with Crippen LogP contribution in [-0.2, 0) is 11.3 Å². The van der Waals surface area contributed by atoms with Crippen molar-refractivity contribution in [2.75, 3.05) is 40.0 Å². The molecule has 1 aliphatic heterocycles. The number of aliphatic hydroxyl groups is 1. The molecule has 1 fully saturated rings. The molecule has 4 nitrogen and oxygen atoms in total. The summed E-state index contributed by atoms with van der Waals surface area (Å²) in [6.07, 6.45) is 1.90. The van der Waals surface area contributed by atoms with Crippen LogP contribution in [0.1, 0.15) is 5.56 Å². The molecule has 1 saturated heterocycles. The highest BCUT2D eigenvalue weighted by molar-refractivity contribution is 5.27. The summed E-state index contributed by atoms with van der Waals surface area (Å²) in [5.74, 6) is 0.864. The lowest BCUT2D eigenvalue weighted by molar-refractivity contribution is -0.148. The number of rotatable bonds is 8. The summed E-state index contributed by atoms with van der Waals surface area (Å²) in [5.41, 5.74) is 1.12. The summed E-state index contributed by atoms with van der Waals surface area (Å²) in [6.45, 7) is 7.71. The van der Waals surface area contributed by atoms with E-state index in [1.807, 2.05) is 18.2 Å². The lowest BCUT2D eigenvalue weighted by Crippen LogP contribution is -2.53. The van der Waals surface area contributed by atoms with Gasteiger partial charge < -0.3 is 14.6 Å². The Morgan fingerprint density at radius 1 is 1.40 bits per heavy atom. The van der Waals surface area contributed by atoms with Gasteiger partial charge in [0.2, 0.25) is 0 Å². The summed E-state index contributed by atoms with van der Waals surface area (Å²) in [5, 5.41) is 9.54. The minimum Gasteiger partial charge on any atom is -0.497 e. The Morgan fingerprint density at radius 2 is 2.10 bits per heavy atom. The maximum Gasteiger partial charge on any atom is 0.118 e. The van der Waals surface area contributed by atoms with E-state index in [9.17, 15) is 5.11 Å². The third kappa shape index (κ3) is 3.60. The molecule has 4 heteroatoms. The Hall–Kier alpha value is -1.36. The largest absolute Gasteiger partial charge is 0.497 e. The summed E-state index contributed by atoms with van der Waals surface area (Å²) in [4.78, 5) is 2.29. The molecule has 0 amide bonds. The van der Waals surface area contributed by atoms with Crippen molar-refractivity contribution < 1.29 is 14.6 Å². The Labute approximate surface area is 120 Å². The first-order valence-electron chi connectivity index (χ1n) is 6.86. The summed E-state index contributed by atoms with van der Waals surface area (Å²) in [6, 6.07) is 8.07. The minimum atomic E-state index is -0.102. The Bertz CT molecular complexity index is 420. The molecule has 0 atom stereocenters. The van der Waals surface area contributed by atoms with Crippen molar-refractivity contribution >= 4 is 0 Å². The van der Waals surface area contributed by atoms with Gasteiger partial charge >= 0.3 is 0 Å². The molecule has 1 heterocycles. The average molecular weight is 277 g/mol. The third-order valence-electron chi connectivity index (χ3n) is 3.66. The van der Waals surface area contributed by atoms with Crippen LogP contribution in [0, 0.1) is 5.41 Å². The number of aliphatic hydroxyl groups excluding tert-OH is 1. The molecule has 0 unspecified atom stereocenters. The van der Waals surface area contributed by atoms with Crippen LogP contribution < -0.4 is 4.74 Å². The number of hydrogen-bond acceptors (Lipinski definition) is 4. The van der Waals surface area contributed by atoms with Gasteiger partial charge in [0.15, 0.2) is 0 Å². The smallest absolute Gasteiger partial charge is 0.118 e. The summed E-state index contributed by atoms with van der Waals surface area (Å²) >= 11 is 0. The van der Waals surface area contributed by atoms with Gasteiger partial charge in [-0.15, -0.1) is 6.58 Å². The molecule has 1 aromatic carbocycles. The topological polar surface area (TPSA) is 41.9 Å². The third-order valence-corrected chi connectivity index (χ3v) is 3.66. The van der Waals surface area contributed by atoms with E-state index in [2.05, 4.69) is 23.6 Å². The quantitative estimate of drug-likeness (QED) is 0.734. The van der Waals surface area contributed by atoms with Gasteiger partial charge in [-0.2, -0.15) is 0 Å². The highest BCUT2D eigenvalue weighted by Gasteiger charge is 2.39. The molecule has 0 bridgehead atoms. The van der Waals surface area contributed by atoms with E-state index in [4.69, 9.17) is 9.47 Å². The first-order valence-corrected chi connectivity index (χ1v) is 6.86. The summed E-state index contributed by atoms with van der Waals surface area (Å²) < 4.78 is 10.4. The van der Waals surface area contributed by atoms with Crippen molar-refractivity contribution in [3.8, 4) is 5.75 Å². The van der Waals surface area contributed by atoms with E-state index in [0.717, 1.165) is 25.4 Å². The number of ether oxygens (including phenoxy) is 2. The molecular weight excluding hydrogens is 254 g/mol. The lowest BCUT2D eigenvalue weighted by atomic mass is 9.86. The van der Waals surface area contributed by atoms with Crippen LogP contribution in [0.4, 0.5) is 0 Å². The Morgan fingerprint density at radius 3 is 2.55 bits per heavy atom. The molecule has 0 saturated carbocycles. The van der Waals surface area contributed by atoms with Crippen LogP contribution in [-0.4, -0.2) is 50.0 Å². The van der Waals surface area contributed by atoms with E-state index in [0.29, 0.717) is 13.2 Å². The van der Waals surface area contributed by atoms with E-state index >= 15 is 0 Å². The van der Waals surface area contributed by atoms with Crippen molar-refractivity contribution in [2.24, 2.45) is 5.41 Å². The average Bonchev–Trinajstić information content (AvgIpc) is 2.44. The van der Waals surface area contributed by atoms with Crippen molar-refractivity contribution in [2.45, 2.75) is 6.54 Å². The van der Waals surface area contributed by atoms with Crippen LogP contribution in [0.2, 0.25) is 0 Å². The van der Waals surface area contributed by atoms with Crippen molar-refractivity contribution in [3.05, 3.63) is 42.5 Å². The Balaban J connectivity index is 1.98. The fraction of sp³-hybridized carbons (Fsp3) is 0.500. The second-order valence-corrected chi connectivity index (χ2v) is 5.46. The van der Waals surface area contributed by atoms with Gasteiger partial charge in [0.05, 0.1) is 32.3 Å². The maximum absolute atomic E-state index is 9.54. The second-order valence-electron chi connectivity index (χ2n) is 5.46. The second kappa shape index (κ2) is 6.88. The van der Waals surface area contributed by atoms with Crippen molar-refractivity contribution in [1.29, 1.82) is 0 Å². The van der Waals surface area contributed by atoms with E-state index in [1.165, 1.54) is 5.56 Å². The molecule has 1 aromatic rings. The molecule has 0 spiro atoms. The lowest BCUT2D eigenvalue weighted by Gasteiger charge is -2.43. The minimum absolute atomic E-state index is 0.102. The van der Waals surface area contributed by atoms with Crippen LogP contribution >= 0.6 is 0 Å².